The fourth-order valence-electron chi connectivity index (χ4n) is 4.10. The highest BCUT2D eigenvalue weighted by Gasteiger charge is 2.65. The molecule has 2 saturated carbocycles. The van der Waals surface area contributed by atoms with Crippen molar-refractivity contribution in [1.82, 2.24) is 0 Å². The number of hydrogen-bond acceptors (Lipinski definition) is 2. The van der Waals surface area contributed by atoms with Gasteiger partial charge in [0, 0.05) is 11.8 Å². The number of carbonyl (C=O) groups excluding carboxylic acids is 1. The lowest BCUT2D eigenvalue weighted by Crippen LogP contribution is -2.32. The van der Waals surface area contributed by atoms with Gasteiger partial charge in [0.15, 0.2) is 0 Å². The number of alkyl halides is 1. The summed E-state index contributed by atoms with van der Waals surface area (Å²) < 4.78 is 6.06. The standard InChI is InChI=1S/C14H13IO2/c15-12-8-6-9-11(14(16)17-13(9)12)10(8)7-4-2-1-3-5-7/h1-5,8-13H,6H2/t8-,9-,10+,11+,12-,13+/m1/s1. The van der Waals surface area contributed by atoms with Gasteiger partial charge in [-0.05, 0) is 17.9 Å². The molecular formula is C14H13IO2. The molecule has 3 heteroatoms. The van der Waals surface area contributed by atoms with Crippen LogP contribution in [0.1, 0.15) is 17.9 Å². The van der Waals surface area contributed by atoms with E-state index in [1.54, 1.807) is 0 Å². The molecule has 1 aromatic rings. The number of esters is 1. The molecule has 1 saturated heterocycles. The number of carbonyl (C=O) groups is 1. The summed E-state index contributed by atoms with van der Waals surface area (Å²) in [7, 11) is 0. The molecule has 6 atom stereocenters. The highest BCUT2D eigenvalue weighted by atomic mass is 127. The van der Waals surface area contributed by atoms with Crippen LogP contribution in [-0.4, -0.2) is 16.0 Å². The van der Waals surface area contributed by atoms with E-state index in [2.05, 4.69) is 46.9 Å². The monoisotopic (exact) mass is 340 g/mol. The maximum absolute atomic E-state index is 12.0. The minimum absolute atomic E-state index is 0.0514. The van der Waals surface area contributed by atoms with E-state index in [0.717, 1.165) is 0 Å². The van der Waals surface area contributed by atoms with Crippen molar-refractivity contribution in [2.45, 2.75) is 22.4 Å². The van der Waals surface area contributed by atoms with Gasteiger partial charge in [-0.1, -0.05) is 52.9 Å². The summed E-state index contributed by atoms with van der Waals surface area (Å²) in [6, 6.07) is 10.5. The van der Waals surface area contributed by atoms with Gasteiger partial charge in [0.2, 0.25) is 0 Å². The van der Waals surface area contributed by atoms with E-state index in [1.165, 1.54) is 12.0 Å². The van der Waals surface area contributed by atoms with Crippen molar-refractivity contribution >= 4 is 28.6 Å². The summed E-state index contributed by atoms with van der Waals surface area (Å²) in [5.41, 5.74) is 1.32. The molecule has 0 radical (unpaired) electrons. The second-order valence-electron chi connectivity index (χ2n) is 5.37. The first-order valence-corrected chi connectivity index (χ1v) is 7.41. The zero-order valence-electron chi connectivity index (χ0n) is 9.25. The van der Waals surface area contributed by atoms with E-state index in [0.29, 0.717) is 21.7 Å². The molecule has 0 N–H and O–H groups in total. The molecule has 3 fully saturated rings. The van der Waals surface area contributed by atoms with Gasteiger partial charge in [-0.2, -0.15) is 0 Å². The molecule has 1 aliphatic heterocycles. The molecule has 0 spiro atoms. The highest BCUT2D eigenvalue weighted by molar-refractivity contribution is 14.1. The third kappa shape index (κ3) is 1.23. The van der Waals surface area contributed by atoms with Gasteiger partial charge in [0.25, 0.3) is 0 Å². The van der Waals surface area contributed by atoms with Crippen molar-refractivity contribution in [3.63, 3.8) is 0 Å². The van der Waals surface area contributed by atoms with E-state index in [9.17, 15) is 4.79 Å². The summed E-state index contributed by atoms with van der Waals surface area (Å²) in [5.74, 6) is 1.70. The lowest BCUT2D eigenvalue weighted by Gasteiger charge is -2.28. The first-order chi connectivity index (χ1) is 8.27. The molecule has 1 aromatic carbocycles. The summed E-state index contributed by atoms with van der Waals surface area (Å²) in [6.45, 7) is 0. The minimum atomic E-state index is 0.0514. The second kappa shape index (κ2) is 3.46. The Morgan fingerprint density at radius 1 is 1.12 bits per heavy atom. The quantitative estimate of drug-likeness (QED) is 0.446. The Morgan fingerprint density at radius 3 is 2.65 bits per heavy atom. The molecule has 17 heavy (non-hydrogen) atoms. The van der Waals surface area contributed by atoms with Crippen molar-refractivity contribution in [2.75, 3.05) is 0 Å². The first kappa shape index (κ1) is 10.4. The maximum Gasteiger partial charge on any atom is 0.310 e. The molecular weight excluding hydrogens is 327 g/mol. The van der Waals surface area contributed by atoms with Crippen LogP contribution in [0.4, 0.5) is 0 Å². The summed E-state index contributed by atoms with van der Waals surface area (Å²) >= 11 is 2.49. The smallest absolute Gasteiger partial charge is 0.310 e. The molecule has 2 nitrogen and oxygen atoms in total. The molecule has 2 bridgehead atoms. The van der Waals surface area contributed by atoms with Gasteiger partial charge in [-0.25, -0.2) is 0 Å². The molecule has 4 rings (SSSR count). The van der Waals surface area contributed by atoms with E-state index >= 15 is 0 Å². The van der Waals surface area contributed by atoms with E-state index in [4.69, 9.17) is 4.74 Å². The normalized spacial score (nSPS) is 46.3. The zero-order chi connectivity index (χ0) is 11.6. The van der Waals surface area contributed by atoms with Gasteiger partial charge in [-0.15, -0.1) is 0 Å². The van der Waals surface area contributed by atoms with Crippen LogP contribution in [0.15, 0.2) is 30.3 Å². The number of hydrogen-bond donors (Lipinski definition) is 0. The van der Waals surface area contributed by atoms with Crippen LogP contribution < -0.4 is 0 Å². The molecule has 0 amide bonds. The Kier molecular flexibility index (Phi) is 2.11. The van der Waals surface area contributed by atoms with Crippen LogP contribution in [0.25, 0.3) is 0 Å². The fourth-order valence-corrected chi connectivity index (χ4v) is 5.52. The third-order valence-corrected chi connectivity index (χ3v) is 6.34. The summed E-state index contributed by atoms with van der Waals surface area (Å²) in [5, 5.41) is 0. The van der Waals surface area contributed by atoms with Crippen molar-refractivity contribution < 1.29 is 9.53 Å². The molecule has 0 unspecified atom stereocenters. The number of rotatable bonds is 1. The van der Waals surface area contributed by atoms with Crippen LogP contribution in [0.5, 0.6) is 0 Å². The number of ether oxygens (including phenoxy) is 1. The molecule has 88 valence electrons. The SMILES string of the molecule is O=C1O[C@@H]2[C@H](I)[C@@H]3C[C@@H]2[C@H]1[C@H]3c1ccccc1. The van der Waals surface area contributed by atoms with E-state index in [1.807, 2.05) is 6.07 Å². The van der Waals surface area contributed by atoms with Crippen molar-refractivity contribution in [2.24, 2.45) is 17.8 Å². The Labute approximate surface area is 114 Å². The van der Waals surface area contributed by atoms with Crippen LogP contribution in [0.3, 0.4) is 0 Å². The Bertz CT molecular complexity index is 472. The number of benzene rings is 1. The second-order valence-corrected chi connectivity index (χ2v) is 6.81. The van der Waals surface area contributed by atoms with Gasteiger partial charge in [-0.3, -0.25) is 4.79 Å². The van der Waals surface area contributed by atoms with Crippen molar-refractivity contribution in [3.8, 4) is 0 Å². The summed E-state index contributed by atoms with van der Waals surface area (Å²) in [4.78, 5) is 12.0. The topological polar surface area (TPSA) is 26.3 Å². The molecule has 3 aliphatic rings. The summed E-state index contributed by atoms with van der Waals surface area (Å²) in [6.07, 6.45) is 1.38. The van der Waals surface area contributed by atoms with Gasteiger partial charge in [0.1, 0.15) is 6.10 Å². The maximum atomic E-state index is 12.0. The average Bonchev–Trinajstić information content (AvgIpc) is 2.94. The van der Waals surface area contributed by atoms with Crippen LogP contribution >= 0.6 is 22.6 Å². The van der Waals surface area contributed by atoms with Crippen LogP contribution in [0, 0.1) is 17.8 Å². The molecule has 1 heterocycles. The van der Waals surface area contributed by atoms with Crippen molar-refractivity contribution in [1.29, 1.82) is 0 Å². The van der Waals surface area contributed by atoms with Crippen LogP contribution in [0.2, 0.25) is 0 Å². The Hall–Kier alpha value is -0.580. The lowest BCUT2D eigenvalue weighted by atomic mass is 9.76. The average molecular weight is 340 g/mol. The highest BCUT2D eigenvalue weighted by Crippen LogP contribution is 2.63. The van der Waals surface area contributed by atoms with Crippen LogP contribution in [-0.2, 0) is 9.53 Å². The van der Waals surface area contributed by atoms with Crippen molar-refractivity contribution in [3.05, 3.63) is 35.9 Å². The lowest BCUT2D eigenvalue weighted by molar-refractivity contribution is -0.143. The van der Waals surface area contributed by atoms with Gasteiger partial charge >= 0.3 is 5.97 Å². The fraction of sp³-hybridized carbons (Fsp3) is 0.500. The van der Waals surface area contributed by atoms with Gasteiger partial charge in [0.05, 0.1) is 9.84 Å². The molecule has 0 aromatic heterocycles. The largest absolute Gasteiger partial charge is 0.461 e. The van der Waals surface area contributed by atoms with E-state index < -0.39 is 0 Å². The predicted molar refractivity (Wildman–Crippen MR) is 72.0 cm³/mol. The van der Waals surface area contributed by atoms with Gasteiger partial charge < -0.3 is 4.74 Å². The Balaban J connectivity index is 1.80. The number of halogens is 1. The molecule has 2 aliphatic carbocycles. The first-order valence-electron chi connectivity index (χ1n) is 6.17. The zero-order valence-corrected chi connectivity index (χ0v) is 11.4. The predicted octanol–water partition coefficient (Wildman–Crippen LogP) is 2.77. The third-order valence-electron chi connectivity index (χ3n) is 4.71. The van der Waals surface area contributed by atoms with E-state index in [-0.39, 0.29) is 18.0 Å². The minimum Gasteiger partial charge on any atom is -0.461 e. The Morgan fingerprint density at radius 2 is 1.88 bits per heavy atom. The number of fused-ring (bicyclic) bond motifs is 1.